The minimum Gasteiger partial charge on any atom is -0.344 e. The molecule has 1 unspecified atom stereocenters. The number of nitrogens with one attached hydrogen (secondary N) is 2. The number of fused-ring (bicyclic) bond motifs is 1. The van der Waals surface area contributed by atoms with Crippen molar-refractivity contribution in [3.05, 3.63) is 47.0 Å². The normalized spacial score (nSPS) is 20.5. The van der Waals surface area contributed by atoms with E-state index in [0.29, 0.717) is 11.6 Å². The second-order valence-electron chi connectivity index (χ2n) is 5.83. The molecule has 4 rings (SSSR count). The molecule has 1 fully saturated rings. The van der Waals surface area contributed by atoms with E-state index in [2.05, 4.69) is 15.5 Å². The Morgan fingerprint density at radius 1 is 1.32 bits per heavy atom. The molecule has 0 saturated heterocycles. The Kier molecular flexibility index (Phi) is 3.41. The second kappa shape index (κ2) is 5.43. The molecule has 0 radical (unpaired) electrons. The Bertz CT molecular complexity index is 726. The molecule has 4 nitrogen and oxygen atoms in total. The van der Waals surface area contributed by atoms with Gasteiger partial charge in [0, 0.05) is 22.3 Å². The summed E-state index contributed by atoms with van der Waals surface area (Å²) < 4.78 is 13.5. The van der Waals surface area contributed by atoms with Gasteiger partial charge < -0.3 is 5.32 Å². The molecule has 2 aromatic rings. The molecular formula is C16H16FN3OS. The van der Waals surface area contributed by atoms with Gasteiger partial charge in [0.25, 0.3) is 5.91 Å². The number of aromatic nitrogens is 2. The van der Waals surface area contributed by atoms with Crippen LogP contribution in [0, 0.1) is 5.82 Å². The zero-order valence-electron chi connectivity index (χ0n) is 11.9. The molecule has 6 heteroatoms. The minimum absolute atomic E-state index is 0.152. The number of aromatic amines is 1. The van der Waals surface area contributed by atoms with Crippen LogP contribution in [0.3, 0.4) is 0 Å². The van der Waals surface area contributed by atoms with E-state index in [1.807, 2.05) is 6.07 Å². The predicted octanol–water partition coefficient (Wildman–Crippen LogP) is 3.39. The summed E-state index contributed by atoms with van der Waals surface area (Å²) in [7, 11) is 0. The Morgan fingerprint density at radius 2 is 2.18 bits per heavy atom. The van der Waals surface area contributed by atoms with Crippen molar-refractivity contribution in [2.24, 2.45) is 0 Å². The summed E-state index contributed by atoms with van der Waals surface area (Å²) in [6.45, 7) is 0. The third-order valence-corrected chi connectivity index (χ3v) is 5.29. The highest BCUT2D eigenvalue weighted by Crippen LogP contribution is 2.39. The van der Waals surface area contributed by atoms with Gasteiger partial charge in [-0.25, -0.2) is 4.39 Å². The van der Waals surface area contributed by atoms with Gasteiger partial charge in [-0.15, -0.1) is 11.8 Å². The van der Waals surface area contributed by atoms with Gasteiger partial charge in [0.15, 0.2) is 0 Å². The third kappa shape index (κ3) is 2.63. The molecule has 0 bridgehead atoms. The fraction of sp³-hybridized carbons (Fsp3) is 0.375. The SMILES string of the molecule is O=C(NC1CCSc2ccc(F)cc21)c1cc(C2CC2)[nH]n1. The molecule has 1 saturated carbocycles. The molecule has 22 heavy (non-hydrogen) atoms. The summed E-state index contributed by atoms with van der Waals surface area (Å²) in [5, 5.41) is 10.0. The average molecular weight is 317 g/mol. The topological polar surface area (TPSA) is 57.8 Å². The van der Waals surface area contributed by atoms with Crippen molar-refractivity contribution < 1.29 is 9.18 Å². The van der Waals surface area contributed by atoms with E-state index < -0.39 is 0 Å². The fourth-order valence-corrected chi connectivity index (χ4v) is 3.91. The standard InChI is InChI=1S/C16H16FN3OS/c17-10-3-4-15-11(7-10)12(5-6-22-15)18-16(21)14-8-13(19-20-14)9-1-2-9/h3-4,7-9,12H,1-2,5-6H2,(H,18,21)(H,19,20). The van der Waals surface area contributed by atoms with Crippen molar-refractivity contribution in [3.63, 3.8) is 0 Å². The Hall–Kier alpha value is -1.82. The maximum absolute atomic E-state index is 13.5. The zero-order valence-corrected chi connectivity index (χ0v) is 12.8. The van der Waals surface area contributed by atoms with Crippen molar-refractivity contribution >= 4 is 17.7 Å². The molecule has 2 N–H and O–H groups in total. The van der Waals surface area contributed by atoms with E-state index in [0.717, 1.165) is 41.2 Å². The lowest BCUT2D eigenvalue weighted by atomic mass is 10.0. The number of hydrogen-bond donors (Lipinski definition) is 2. The van der Waals surface area contributed by atoms with E-state index in [-0.39, 0.29) is 17.8 Å². The van der Waals surface area contributed by atoms with Gasteiger partial charge >= 0.3 is 0 Å². The highest BCUT2D eigenvalue weighted by Gasteiger charge is 2.28. The van der Waals surface area contributed by atoms with Crippen LogP contribution >= 0.6 is 11.8 Å². The van der Waals surface area contributed by atoms with Crippen LogP contribution in [0.15, 0.2) is 29.2 Å². The van der Waals surface area contributed by atoms with Crippen molar-refractivity contribution in [2.75, 3.05) is 5.75 Å². The van der Waals surface area contributed by atoms with E-state index >= 15 is 0 Å². The molecule has 1 aliphatic carbocycles. The van der Waals surface area contributed by atoms with Crippen LogP contribution in [0.4, 0.5) is 4.39 Å². The average Bonchev–Trinajstić information content (AvgIpc) is 3.25. The summed E-state index contributed by atoms with van der Waals surface area (Å²) in [5.74, 6) is 0.985. The monoisotopic (exact) mass is 317 g/mol. The maximum atomic E-state index is 13.5. The van der Waals surface area contributed by atoms with Crippen molar-refractivity contribution in [1.82, 2.24) is 15.5 Å². The van der Waals surface area contributed by atoms with Gasteiger partial charge in [0.1, 0.15) is 11.5 Å². The van der Waals surface area contributed by atoms with Gasteiger partial charge in [-0.05, 0) is 49.1 Å². The first-order chi connectivity index (χ1) is 10.7. The zero-order chi connectivity index (χ0) is 15.1. The highest BCUT2D eigenvalue weighted by atomic mass is 32.2. The number of halogens is 1. The Morgan fingerprint density at radius 3 is 3.00 bits per heavy atom. The number of nitrogens with zero attached hydrogens (tertiary/aromatic N) is 1. The van der Waals surface area contributed by atoms with Gasteiger partial charge in [0.2, 0.25) is 0 Å². The van der Waals surface area contributed by atoms with Gasteiger partial charge in [-0.3, -0.25) is 9.89 Å². The minimum atomic E-state index is -0.267. The number of H-pyrrole nitrogens is 1. The van der Waals surface area contributed by atoms with Crippen LogP contribution in [-0.2, 0) is 0 Å². The number of amides is 1. The Labute approximate surface area is 131 Å². The van der Waals surface area contributed by atoms with E-state index in [1.54, 1.807) is 17.8 Å². The largest absolute Gasteiger partial charge is 0.344 e. The van der Waals surface area contributed by atoms with Crippen LogP contribution in [0.1, 0.15) is 53.0 Å². The molecular weight excluding hydrogens is 301 g/mol. The quantitative estimate of drug-likeness (QED) is 0.912. The van der Waals surface area contributed by atoms with Gasteiger partial charge in [-0.1, -0.05) is 0 Å². The van der Waals surface area contributed by atoms with E-state index in [9.17, 15) is 9.18 Å². The lowest BCUT2D eigenvalue weighted by Crippen LogP contribution is -2.31. The van der Waals surface area contributed by atoms with Crippen molar-refractivity contribution in [2.45, 2.75) is 36.1 Å². The van der Waals surface area contributed by atoms with Gasteiger partial charge in [0.05, 0.1) is 6.04 Å². The number of hydrogen-bond acceptors (Lipinski definition) is 3. The fourth-order valence-electron chi connectivity index (χ4n) is 2.80. The Balaban J connectivity index is 1.53. The van der Waals surface area contributed by atoms with E-state index in [1.165, 1.54) is 12.1 Å². The van der Waals surface area contributed by atoms with Crippen molar-refractivity contribution in [3.8, 4) is 0 Å². The summed E-state index contributed by atoms with van der Waals surface area (Å²) >= 11 is 1.70. The van der Waals surface area contributed by atoms with Crippen LogP contribution in [0.2, 0.25) is 0 Å². The first kappa shape index (κ1) is 13.8. The maximum Gasteiger partial charge on any atom is 0.272 e. The smallest absolute Gasteiger partial charge is 0.272 e. The summed E-state index contributed by atoms with van der Waals surface area (Å²) in [4.78, 5) is 13.4. The lowest BCUT2D eigenvalue weighted by Gasteiger charge is -2.25. The first-order valence-electron chi connectivity index (χ1n) is 7.49. The highest BCUT2D eigenvalue weighted by molar-refractivity contribution is 7.99. The van der Waals surface area contributed by atoms with Crippen LogP contribution in [0.5, 0.6) is 0 Å². The lowest BCUT2D eigenvalue weighted by molar-refractivity contribution is 0.0929. The molecule has 1 aromatic heterocycles. The molecule has 1 aliphatic heterocycles. The van der Waals surface area contributed by atoms with Crippen LogP contribution in [-0.4, -0.2) is 21.9 Å². The number of benzene rings is 1. The van der Waals surface area contributed by atoms with Crippen LogP contribution in [0.25, 0.3) is 0 Å². The summed E-state index contributed by atoms with van der Waals surface area (Å²) in [6, 6.07) is 6.45. The molecule has 2 heterocycles. The van der Waals surface area contributed by atoms with Crippen molar-refractivity contribution in [1.29, 1.82) is 0 Å². The number of carbonyl (C=O) groups excluding carboxylic acids is 1. The molecule has 2 aliphatic rings. The first-order valence-corrected chi connectivity index (χ1v) is 8.47. The summed E-state index contributed by atoms with van der Waals surface area (Å²) in [6.07, 6.45) is 3.12. The molecule has 1 aromatic carbocycles. The van der Waals surface area contributed by atoms with E-state index in [4.69, 9.17) is 0 Å². The third-order valence-electron chi connectivity index (χ3n) is 4.16. The molecule has 1 amide bonds. The van der Waals surface area contributed by atoms with Gasteiger partial charge in [-0.2, -0.15) is 5.10 Å². The number of thioether (sulfide) groups is 1. The second-order valence-corrected chi connectivity index (χ2v) is 6.96. The molecule has 0 spiro atoms. The number of rotatable bonds is 3. The molecule has 1 atom stereocenters. The van der Waals surface area contributed by atoms with Crippen LogP contribution < -0.4 is 5.32 Å². The number of carbonyl (C=O) groups is 1. The molecule has 114 valence electrons. The summed E-state index contributed by atoms with van der Waals surface area (Å²) in [5.41, 5.74) is 2.32. The predicted molar refractivity (Wildman–Crippen MR) is 82.5 cm³/mol.